The third kappa shape index (κ3) is 2.81. The Kier molecular flexibility index (Phi) is 3.82. The number of thioether (sulfide) groups is 1. The Morgan fingerprint density at radius 1 is 1.09 bits per heavy atom. The molecule has 0 spiro atoms. The number of hydrogen-bond acceptors (Lipinski definition) is 4. The Balaban J connectivity index is 1.89. The molecule has 1 atom stereocenters. The number of aromatic nitrogens is 4. The molecule has 1 aromatic carbocycles. The topological polar surface area (TPSA) is 43.1 Å². The minimum atomic E-state index is -0.846. The standard InChI is InChI=1S/C15H14F2N4S/c1-8-6-9(2)21-14(18-8)19-15(20-21)22-10(3)11-4-5-12(16)13(17)7-11/h4-7,10H,1-3H3. The van der Waals surface area contributed by atoms with Gasteiger partial charge in [0.05, 0.1) is 0 Å². The summed E-state index contributed by atoms with van der Waals surface area (Å²) in [4.78, 5) is 8.71. The summed E-state index contributed by atoms with van der Waals surface area (Å²) in [6.45, 7) is 5.73. The molecular weight excluding hydrogens is 306 g/mol. The maximum Gasteiger partial charge on any atom is 0.253 e. The first-order valence-corrected chi connectivity index (χ1v) is 7.64. The van der Waals surface area contributed by atoms with Gasteiger partial charge in [-0.25, -0.2) is 18.3 Å². The number of aryl methyl sites for hydroxylation is 2. The average molecular weight is 320 g/mol. The highest BCUT2D eigenvalue weighted by molar-refractivity contribution is 7.99. The Bertz CT molecular complexity index is 847. The molecule has 1 unspecified atom stereocenters. The van der Waals surface area contributed by atoms with Crippen LogP contribution < -0.4 is 0 Å². The molecule has 0 aliphatic heterocycles. The lowest BCUT2D eigenvalue weighted by atomic mass is 10.1. The van der Waals surface area contributed by atoms with Gasteiger partial charge in [-0.05, 0) is 44.5 Å². The van der Waals surface area contributed by atoms with Crippen molar-refractivity contribution in [3.05, 3.63) is 52.9 Å². The lowest BCUT2D eigenvalue weighted by Crippen LogP contribution is -1.97. The molecule has 114 valence electrons. The first kappa shape index (κ1) is 14.9. The van der Waals surface area contributed by atoms with Crippen LogP contribution in [-0.4, -0.2) is 19.6 Å². The second-order valence-corrected chi connectivity index (χ2v) is 6.39. The summed E-state index contributed by atoms with van der Waals surface area (Å²) in [5.41, 5.74) is 2.51. The predicted molar refractivity (Wildman–Crippen MR) is 80.9 cm³/mol. The molecule has 3 rings (SSSR count). The number of rotatable bonds is 3. The van der Waals surface area contributed by atoms with Crippen LogP contribution in [0.4, 0.5) is 8.78 Å². The molecule has 3 aromatic rings. The van der Waals surface area contributed by atoms with Crippen LogP contribution in [0.25, 0.3) is 5.78 Å². The van der Waals surface area contributed by atoms with Gasteiger partial charge in [0.1, 0.15) is 0 Å². The molecule has 4 nitrogen and oxygen atoms in total. The summed E-state index contributed by atoms with van der Waals surface area (Å²) >= 11 is 1.38. The average Bonchev–Trinajstić information content (AvgIpc) is 2.84. The van der Waals surface area contributed by atoms with E-state index in [1.807, 2.05) is 26.8 Å². The van der Waals surface area contributed by atoms with Gasteiger partial charge in [-0.1, -0.05) is 17.8 Å². The first-order chi connectivity index (χ1) is 10.4. The molecule has 2 aromatic heterocycles. The summed E-state index contributed by atoms with van der Waals surface area (Å²) < 4.78 is 28.0. The van der Waals surface area contributed by atoms with Crippen LogP contribution in [0.3, 0.4) is 0 Å². The minimum Gasteiger partial charge on any atom is -0.216 e. The van der Waals surface area contributed by atoms with E-state index in [4.69, 9.17) is 0 Å². The molecule has 22 heavy (non-hydrogen) atoms. The summed E-state index contributed by atoms with van der Waals surface area (Å²) in [7, 11) is 0. The van der Waals surface area contributed by atoms with Crippen molar-refractivity contribution in [3.63, 3.8) is 0 Å². The van der Waals surface area contributed by atoms with Crippen molar-refractivity contribution in [2.24, 2.45) is 0 Å². The number of benzene rings is 1. The van der Waals surface area contributed by atoms with Crippen molar-refractivity contribution in [2.75, 3.05) is 0 Å². The Morgan fingerprint density at radius 2 is 1.86 bits per heavy atom. The number of hydrogen-bond donors (Lipinski definition) is 0. The second kappa shape index (κ2) is 5.64. The van der Waals surface area contributed by atoms with E-state index in [0.29, 0.717) is 16.5 Å². The van der Waals surface area contributed by atoms with Crippen molar-refractivity contribution in [3.8, 4) is 0 Å². The fraction of sp³-hybridized carbons (Fsp3) is 0.267. The molecule has 0 saturated carbocycles. The Morgan fingerprint density at radius 3 is 2.59 bits per heavy atom. The van der Waals surface area contributed by atoms with E-state index in [1.54, 1.807) is 10.6 Å². The quantitative estimate of drug-likeness (QED) is 0.687. The van der Waals surface area contributed by atoms with Crippen molar-refractivity contribution >= 4 is 17.5 Å². The number of nitrogens with zero attached hydrogens (tertiary/aromatic N) is 4. The Hall–Kier alpha value is -2.02. The molecule has 0 N–H and O–H groups in total. The van der Waals surface area contributed by atoms with Crippen LogP contribution in [-0.2, 0) is 0 Å². The molecule has 0 fully saturated rings. The molecule has 0 bridgehead atoms. The molecule has 0 saturated heterocycles. The zero-order valence-electron chi connectivity index (χ0n) is 12.3. The van der Waals surface area contributed by atoms with E-state index in [0.717, 1.165) is 17.5 Å². The lowest BCUT2D eigenvalue weighted by Gasteiger charge is -2.09. The highest BCUT2D eigenvalue weighted by atomic mass is 32.2. The Labute approximate surface area is 130 Å². The molecule has 0 aliphatic carbocycles. The molecule has 2 heterocycles. The molecule has 0 amide bonds. The van der Waals surface area contributed by atoms with Crippen LogP contribution in [0.5, 0.6) is 0 Å². The van der Waals surface area contributed by atoms with E-state index in [1.165, 1.54) is 17.8 Å². The SMILES string of the molecule is Cc1cc(C)n2nc(SC(C)c3ccc(F)c(F)c3)nc2n1. The van der Waals surface area contributed by atoms with Crippen molar-refractivity contribution in [1.82, 2.24) is 19.6 Å². The zero-order chi connectivity index (χ0) is 15.9. The van der Waals surface area contributed by atoms with Gasteiger partial charge >= 0.3 is 0 Å². The van der Waals surface area contributed by atoms with E-state index in [2.05, 4.69) is 15.1 Å². The summed E-state index contributed by atoms with van der Waals surface area (Å²) in [6, 6.07) is 5.83. The highest BCUT2D eigenvalue weighted by Crippen LogP contribution is 2.33. The van der Waals surface area contributed by atoms with Crippen LogP contribution in [0.1, 0.15) is 29.1 Å². The van der Waals surface area contributed by atoms with Gasteiger partial charge in [0.15, 0.2) is 11.6 Å². The van der Waals surface area contributed by atoms with Gasteiger partial charge in [0.25, 0.3) is 5.78 Å². The highest BCUT2D eigenvalue weighted by Gasteiger charge is 2.15. The van der Waals surface area contributed by atoms with Gasteiger partial charge < -0.3 is 0 Å². The normalized spacial score (nSPS) is 12.8. The summed E-state index contributed by atoms with van der Waals surface area (Å²) in [5.74, 6) is -1.15. The fourth-order valence-corrected chi connectivity index (χ4v) is 3.05. The lowest BCUT2D eigenvalue weighted by molar-refractivity contribution is 0.507. The van der Waals surface area contributed by atoms with Gasteiger partial charge in [0, 0.05) is 16.6 Å². The van der Waals surface area contributed by atoms with E-state index >= 15 is 0 Å². The first-order valence-electron chi connectivity index (χ1n) is 6.76. The van der Waals surface area contributed by atoms with Crippen molar-refractivity contribution in [1.29, 1.82) is 0 Å². The summed E-state index contributed by atoms with van der Waals surface area (Å²) in [6.07, 6.45) is 0. The third-order valence-corrected chi connectivity index (χ3v) is 4.30. The molecular formula is C15H14F2N4S. The zero-order valence-corrected chi connectivity index (χ0v) is 13.2. The monoisotopic (exact) mass is 320 g/mol. The van der Waals surface area contributed by atoms with Crippen LogP contribution in [0.15, 0.2) is 29.4 Å². The fourth-order valence-electron chi connectivity index (χ4n) is 2.19. The van der Waals surface area contributed by atoms with Crippen molar-refractivity contribution < 1.29 is 8.78 Å². The maximum absolute atomic E-state index is 13.3. The van der Waals surface area contributed by atoms with E-state index in [9.17, 15) is 8.78 Å². The van der Waals surface area contributed by atoms with Crippen LogP contribution >= 0.6 is 11.8 Å². The van der Waals surface area contributed by atoms with Crippen LogP contribution in [0, 0.1) is 25.5 Å². The summed E-state index contributed by atoms with van der Waals surface area (Å²) in [5, 5.41) is 4.85. The van der Waals surface area contributed by atoms with Gasteiger partial charge in [0.2, 0.25) is 5.16 Å². The van der Waals surface area contributed by atoms with E-state index in [-0.39, 0.29) is 5.25 Å². The van der Waals surface area contributed by atoms with Gasteiger partial charge in [-0.15, -0.1) is 5.10 Å². The van der Waals surface area contributed by atoms with Crippen molar-refractivity contribution in [2.45, 2.75) is 31.2 Å². The minimum absolute atomic E-state index is 0.103. The maximum atomic E-state index is 13.3. The number of halogens is 2. The predicted octanol–water partition coefficient (Wildman–Crippen LogP) is 3.87. The molecule has 0 radical (unpaired) electrons. The third-order valence-electron chi connectivity index (χ3n) is 3.29. The smallest absolute Gasteiger partial charge is 0.216 e. The molecule has 7 heteroatoms. The largest absolute Gasteiger partial charge is 0.253 e. The van der Waals surface area contributed by atoms with Gasteiger partial charge in [-0.2, -0.15) is 4.98 Å². The molecule has 0 aliphatic rings. The number of fused-ring (bicyclic) bond motifs is 1. The van der Waals surface area contributed by atoms with E-state index < -0.39 is 11.6 Å². The van der Waals surface area contributed by atoms with Gasteiger partial charge in [-0.3, -0.25) is 0 Å². The second-order valence-electron chi connectivity index (χ2n) is 5.08. The van der Waals surface area contributed by atoms with Crippen LogP contribution in [0.2, 0.25) is 0 Å².